The van der Waals surface area contributed by atoms with Gasteiger partial charge in [-0.05, 0) is 38.1 Å². The van der Waals surface area contributed by atoms with Crippen LogP contribution in [0.2, 0.25) is 0 Å². The summed E-state index contributed by atoms with van der Waals surface area (Å²) in [6.45, 7) is 2.85. The van der Waals surface area contributed by atoms with E-state index in [2.05, 4.69) is 28.2 Å². The predicted molar refractivity (Wildman–Crippen MR) is 88.6 cm³/mol. The minimum absolute atomic E-state index is 0.0625. The Morgan fingerprint density at radius 1 is 1.14 bits per heavy atom. The summed E-state index contributed by atoms with van der Waals surface area (Å²) < 4.78 is 0. The number of rotatable bonds is 2. The fourth-order valence-electron chi connectivity index (χ4n) is 2.03. The van der Waals surface area contributed by atoms with Crippen LogP contribution in [0.3, 0.4) is 0 Å². The van der Waals surface area contributed by atoms with Gasteiger partial charge in [-0.2, -0.15) is 0 Å². The fraction of sp³-hybridized carbons (Fsp3) is 0.111. The molecule has 3 aromatic rings. The summed E-state index contributed by atoms with van der Waals surface area (Å²) in [6, 6.07) is 16.3. The number of para-hydroxylation sites is 1. The zero-order valence-electron chi connectivity index (χ0n) is 12.6. The number of H-pyrrole nitrogens is 1. The van der Waals surface area contributed by atoms with Crippen molar-refractivity contribution in [3.8, 4) is 11.4 Å². The van der Waals surface area contributed by atoms with E-state index in [0.717, 1.165) is 16.9 Å². The molecule has 2 N–H and O–H groups in total. The number of nitrogens with one attached hydrogen (secondary N) is 1. The number of ketones is 1. The number of carbonyl (C=O) groups excluding carboxylic acids is 1. The highest BCUT2D eigenvalue weighted by Crippen LogP contribution is 2.21. The van der Waals surface area contributed by atoms with E-state index in [9.17, 15) is 4.79 Å². The van der Waals surface area contributed by atoms with Gasteiger partial charge in [0, 0.05) is 23.2 Å². The van der Waals surface area contributed by atoms with Gasteiger partial charge in [0.25, 0.3) is 0 Å². The highest BCUT2D eigenvalue weighted by Gasteiger charge is 2.02. The molecule has 0 saturated heterocycles. The van der Waals surface area contributed by atoms with E-state index in [1.165, 1.54) is 25.3 Å². The minimum Gasteiger partial charge on any atom is -0.512 e. The fourth-order valence-corrected chi connectivity index (χ4v) is 2.03. The lowest BCUT2D eigenvalue weighted by Crippen LogP contribution is -1.82. The van der Waals surface area contributed by atoms with Crippen LogP contribution in [-0.4, -0.2) is 20.9 Å². The van der Waals surface area contributed by atoms with Gasteiger partial charge in [-0.1, -0.05) is 24.3 Å². The summed E-state index contributed by atoms with van der Waals surface area (Å²) in [5.74, 6) is -0.0625. The minimum atomic E-state index is -0.125. The second-order valence-electron chi connectivity index (χ2n) is 4.88. The van der Waals surface area contributed by atoms with E-state index in [4.69, 9.17) is 5.11 Å². The molecule has 0 bridgehead atoms. The molecule has 4 nitrogen and oxygen atoms in total. The van der Waals surface area contributed by atoms with Crippen LogP contribution in [0, 0.1) is 0 Å². The molecule has 4 heteroatoms. The number of aliphatic hydroxyl groups excluding tert-OH is 1. The molecule has 0 aliphatic heterocycles. The van der Waals surface area contributed by atoms with Crippen molar-refractivity contribution in [2.24, 2.45) is 0 Å². The van der Waals surface area contributed by atoms with E-state index >= 15 is 0 Å². The molecule has 0 spiro atoms. The standard InChI is InChI=1S/C13H10N2.C5H8O2/c1-2-6-11-10(5-1)9-13(15-11)12-7-3-4-8-14-12;1-4(6)3-5(2)7/h1-9,15H;3,6H,1-2H3/b;4-3-. The Morgan fingerprint density at radius 2 is 1.86 bits per heavy atom. The van der Waals surface area contributed by atoms with Gasteiger partial charge in [0.05, 0.1) is 17.1 Å². The molecule has 0 aliphatic rings. The SMILES string of the molecule is CC(=O)/C=C(/C)O.c1ccc(-c2cc3ccccc3[nH]2)nc1. The lowest BCUT2D eigenvalue weighted by Gasteiger charge is -1.93. The Labute approximate surface area is 129 Å². The molecule has 0 radical (unpaired) electrons. The van der Waals surface area contributed by atoms with Gasteiger partial charge in [-0.3, -0.25) is 9.78 Å². The normalized spacial score (nSPS) is 10.9. The Kier molecular flexibility index (Phi) is 5.09. The van der Waals surface area contributed by atoms with Crippen molar-refractivity contribution in [1.29, 1.82) is 0 Å². The molecule has 0 unspecified atom stereocenters. The monoisotopic (exact) mass is 294 g/mol. The summed E-state index contributed by atoms with van der Waals surface area (Å²) in [6.07, 6.45) is 2.97. The second kappa shape index (κ2) is 7.22. The number of allylic oxidation sites excluding steroid dienone is 2. The number of carbonyl (C=O) groups is 1. The molecule has 0 aliphatic carbocycles. The number of benzene rings is 1. The molecule has 1 aromatic carbocycles. The smallest absolute Gasteiger partial charge is 0.155 e. The summed E-state index contributed by atoms with van der Waals surface area (Å²) in [7, 11) is 0. The first kappa shape index (κ1) is 15.5. The molecule has 0 amide bonds. The third kappa shape index (κ3) is 4.31. The van der Waals surface area contributed by atoms with E-state index in [-0.39, 0.29) is 11.5 Å². The molecule has 112 valence electrons. The van der Waals surface area contributed by atoms with Gasteiger partial charge in [0.15, 0.2) is 5.78 Å². The number of aliphatic hydroxyl groups is 1. The Bertz CT molecular complexity index is 752. The average molecular weight is 294 g/mol. The van der Waals surface area contributed by atoms with E-state index in [0.29, 0.717) is 0 Å². The van der Waals surface area contributed by atoms with Crippen molar-refractivity contribution in [3.63, 3.8) is 0 Å². The number of pyridine rings is 1. The van der Waals surface area contributed by atoms with Crippen LogP contribution in [0.1, 0.15) is 13.8 Å². The average Bonchev–Trinajstić information content (AvgIpc) is 2.91. The number of aromatic amines is 1. The van der Waals surface area contributed by atoms with Crippen molar-refractivity contribution < 1.29 is 9.90 Å². The molecule has 0 fully saturated rings. The summed E-state index contributed by atoms with van der Waals surface area (Å²) in [4.78, 5) is 17.7. The maximum Gasteiger partial charge on any atom is 0.155 e. The Morgan fingerprint density at radius 3 is 2.41 bits per heavy atom. The summed E-state index contributed by atoms with van der Waals surface area (Å²) in [5, 5.41) is 9.58. The molecule has 2 heterocycles. The molecule has 2 aromatic heterocycles. The number of hydrogen-bond donors (Lipinski definition) is 2. The van der Waals surface area contributed by atoms with Crippen LogP contribution in [0.5, 0.6) is 0 Å². The van der Waals surface area contributed by atoms with Crippen molar-refractivity contribution >= 4 is 16.7 Å². The maximum atomic E-state index is 10.0. The highest BCUT2D eigenvalue weighted by molar-refractivity contribution is 5.87. The Hall–Kier alpha value is -2.88. The van der Waals surface area contributed by atoms with Gasteiger partial charge in [-0.15, -0.1) is 0 Å². The number of fused-ring (bicyclic) bond motifs is 1. The first-order valence-corrected chi connectivity index (χ1v) is 6.93. The van der Waals surface area contributed by atoms with Crippen LogP contribution < -0.4 is 0 Å². The molecular weight excluding hydrogens is 276 g/mol. The van der Waals surface area contributed by atoms with Gasteiger partial charge >= 0.3 is 0 Å². The summed E-state index contributed by atoms with van der Waals surface area (Å²) >= 11 is 0. The lowest BCUT2D eigenvalue weighted by molar-refractivity contribution is -0.112. The zero-order valence-corrected chi connectivity index (χ0v) is 12.6. The summed E-state index contributed by atoms with van der Waals surface area (Å²) in [5.41, 5.74) is 3.20. The zero-order chi connectivity index (χ0) is 15.9. The van der Waals surface area contributed by atoms with Crippen LogP contribution in [0.4, 0.5) is 0 Å². The van der Waals surface area contributed by atoms with Gasteiger partial charge in [-0.25, -0.2) is 0 Å². The maximum absolute atomic E-state index is 10.0. The molecular formula is C18H18N2O2. The van der Waals surface area contributed by atoms with Crippen LogP contribution in [0.25, 0.3) is 22.3 Å². The van der Waals surface area contributed by atoms with E-state index < -0.39 is 0 Å². The van der Waals surface area contributed by atoms with Crippen molar-refractivity contribution in [2.75, 3.05) is 0 Å². The van der Waals surface area contributed by atoms with Crippen molar-refractivity contribution in [3.05, 3.63) is 66.6 Å². The quantitative estimate of drug-likeness (QED) is 0.548. The van der Waals surface area contributed by atoms with E-state index in [1.54, 1.807) is 6.20 Å². The molecule has 3 rings (SSSR count). The first-order chi connectivity index (χ1) is 10.6. The first-order valence-electron chi connectivity index (χ1n) is 6.93. The van der Waals surface area contributed by atoms with Gasteiger partial charge < -0.3 is 10.1 Å². The van der Waals surface area contributed by atoms with E-state index in [1.807, 2.05) is 30.3 Å². The molecule has 22 heavy (non-hydrogen) atoms. The van der Waals surface area contributed by atoms with Crippen LogP contribution in [-0.2, 0) is 4.79 Å². The van der Waals surface area contributed by atoms with Gasteiger partial charge in [0.1, 0.15) is 0 Å². The van der Waals surface area contributed by atoms with Gasteiger partial charge in [0.2, 0.25) is 0 Å². The number of hydrogen-bond acceptors (Lipinski definition) is 3. The Balaban J connectivity index is 0.000000217. The third-order valence-corrected chi connectivity index (χ3v) is 2.88. The topological polar surface area (TPSA) is 66.0 Å². The molecule has 0 atom stereocenters. The number of nitrogens with zero attached hydrogens (tertiary/aromatic N) is 1. The highest BCUT2D eigenvalue weighted by atomic mass is 16.3. The largest absolute Gasteiger partial charge is 0.512 e. The third-order valence-electron chi connectivity index (χ3n) is 2.88. The van der Waals surface area contributed by atoms with Crippen LogP contribution in [0.15, 0.2) is 66.6 Å². The van der Waals surface area contributed by atoms with Crippen LogP contribution >= 0.6 is 0 Å². The second-order valence-corrected chi connectivity index (χ2v) is 4.88. The van der Waals surface area contributed by atoms with Crippen molar-refractivity contribution in [2.45, 2.75) is 13.8 Å². The number of aromatic nitrogens is 2. The lowest BCUT2D eigenvalue weighted by atomic mass is 10.2. The van der Waals surface area contributed by atoms with Crippen molar-refractivity contribution in [1.82, 2.24) is 9.97 Å². The molecule has 0 saturated carbocycles. The predicted octanol–water partition coefficient (Wildman–Crippen LogP) is 4.27.